The predicted octanol–water partition coefficient (Wildman–Crippen LogP) is 3.74. The molecule has 1 fully saturated rings. The molecule has 1 atom stereocenters. The first-order valence-electron chi connectivity index (χ1n) is 10.2. The van der Waals surface area contributed by atoms with Crippen LogP contribution in [-0.2, 0) is 0 Å². The average molecular weight is 435 g/mol. The van der Waals surface area contributed by atoms with E-state index in [0.29, 0.717) is 11.3 Å². The summed E-state index contributed by atoms with van der Waals surface area (Å²) < 4.78 is 36.4. The van der Waals surface area contributed by atoms with E-state index >= 15 is 0 Å². The second kappa shape index (κ2) is 7.99. The standard InChI is InChI=1S/C23H19F2N5O2/c24-23(25)11-14-29(22(31)18-7-3-8-20(27-18)30-13-4-12-26-30)15-19(23)32-21-10-9-16-5-1-2-6-17(16)28-21/h1-10,12-13,19H,11,14-15H2/t19-/m0/s1. The fourth-order valence-corrected chi connectivity index (χ4v) is 3.67. The summed E-state index contributed by atoms with van der Waals surface area (Å²) in [4.78, 5) is 23.0. The molecular weight excluding hydrogens is 416 g/mol. The number of amides is 1. The maximum absolute atomic E-state index is 14.6. The summed E-state index contributed by atoms with van der Waals surface area (Å²) in [5.41, 5.74) is 0.808. The van der Waals surface area contributed by atoms with E-state index in [4.69, 9.17) is 4.74 Å². The number of benzene rings is 1. The first-order valence-corrected chi connectivity index (χ1v) is 10.2. The predicted molar refractivity (Wildman–Crippen MR) is 113 cm³/mol. The molecule has 1 saturated heterocycles. The maximum Gasteiger partial charge on any atom is 0.287 e. The highest BCUT2D eigenvalue weighted by Crippen LogP contribution is 2.32. The van der Waals surface area contributed by atoms with Gasteiger partial charge in [0.15, 0.2) is 11.9 Å². The van der Waals surface area contributed by atoms with Crippen LogP contribution in [0.15, 0.2) is 73.1 Å². The lowest BCUT2D eigenvalue weighted by Gasteiger charge is -2.37. The highest BCUT2D eigenvalue weighted by atomic mass is 19.3. The van der Waals surface area contributed by atoms with Gasteiger partial charge in [-0.05, 0) is 30.3 Å². The van der Waals surface area contributed by atoms with Crippen molar-refractivity contribution in [1.82, 2.24) is 24.6 Å². The molecule has 162 valence electrons. The fourth-order valence-electron chi connectivity index (χ4n) is 3.67. The number of hydrogen-bond acceptors (Lipinski definition) is 5. The number of hydrogen-bond donors (Lipinski definition) is 0. The molecule has 0 radical (unpaired) electrons. The molecular formula is C23H19F2N5O2. The third-order valence-electron chi connectivity index (χ3n) is 5.39. The van der Waals surface area contributed by atoms with Crippen LogP contribution in [0.25, 0.3) is 16.7 Å². The van der Waals surface area contributed by atoms with Gasteiger partial charge in [-0.25, -0.2) is 23.4 Å². The largest absolute Gasteiger partial charge is 0.466 e. The van der Waals surface area contributed by atoms with Crippen molar-refractivity contribution < 1.29 is 18.3 Å². The second-order valence-electron chi connectivity index (χ2n) is 7.54. The number of piperidine rings is 1. The minimum absolute atomic E-state index is 0.0927. The number of carbonyl (C=O) groups is 1. The number of ether oxygens (including phenoxy) is 1. The monoisotopic (exact) mass is 435 g/mol. The van der Waals surface area contributed by atoms with Gasteiger partial charge in [-0.15, -0.1) is 0 Å². The summed E-state index contributed by atoms with van der Waals surface area (Å²) >= 11 is 0. The second-order valence-corrected chi connectivity index (χ2v) is 7.54. The van der Waals surface area contributed by atoms with Crippen LogP contribution < -0.4 is 4.74 Å². The summed E-state index contributed by atoms with van der Waals surface area (Å²) in [5.74, 6) is -2.96. The zero-order valence-electron chi connectivity index (χ0n) is 16.9. The molecule has 1 amide bonds. The van der Waals surface area contributed by atoms with Crippen molar-refractivity contribution in [3.05, 3.63) is 78.8 Å². The van der Waals surface area contributed by atoms with Gasteiger partial charge in [0.1, 0.15) is 5.69 Å². The Morgan fingerprint density at radius 1 is 1.03 bits per heavy atom. The van der Waals surface area contributed by atoms with Gasteiger partial charge in [0, 0.05) is 36.8 Å². The molecule has 7 nitrogen and oxygen atoms in total. The van der Waals surface area contributed by atoms with Gasteiger partial charge >= 0.3 is 0 Å². The fraction of sp³-hybridized carbons (Fsp3) is 0.217. The average Bonchev–Trinajstić information content (AvgIpc) is 3.35. The van der Waals surface area contributed by atoms with E-state index in [1.165, 1.54) is 9.58 Å². The van der Waals surface area contributed by atoms with Crippen LogP contribution in [0.4, 0.5) is 8.78 Å². The topological polar surface area (TPSA) is 73.1 Å². The molecule has 1 aliphatic heterocycles. The first kappa shape index (κ1) is 20.0. The SMILES string of the molecule is O=C(c1cccc(-n2cccn2)n1)N1CCC(F)(F)[C@@H](Oc2ccc3ccccc3n2)C1. The molecule has 0 saturated carbocycles. The molecule has 9 heteroatoms. The molecule has 5 rings (SSSR count). The summed E-state index contributed by atoms with van der Waals surface area (Å²) in [6.07, 6.45) is 1.29. The molecule has 0 unspecified atom stereocenters. The van der Waals surface area contributed by atoms with E-state index in [-0.39, 0.29) is 24.7 Å². The van der Waals surface area contributed by atoms with E-state index in [0.717, 1.165) is 5.39 Å². The van der Waals surface area contributed by atoms with Gasteiger partial charge in [0.2, 0.25) is 5.88 Å². The van der Waals surface area contributed by atoms with Crippen molar-refractivity contribution in [2.24, 2.45) is 0 Å². The van der Waals surface area contributed by atoms with Crippen LogP contribution >= 0.6 is 0 Å². The number of halogens is 2. The molecule has 3 aromatic heterocycles. The normalized spacial score (nSPS) is 17.9. The zero-order valence-corrected chi connectivity index (χ0v) is 16.9. The Kier molecular flexibility index (Phi) is 5.01. The van der Waals surface area contributed by atoms with Gasteiger partial charge < -0.3 is 9.64 Å². The molecule has 4 heterocycles. The van der Waals surface area contributed by atoms with Crippen molar-refractivity contribution in [3.8, 4) is 11.7 Å². The highest BCUT2D eigenvalue weighted by Gasteiger charge is 2.47. The minimum Gasteiger partial charge on any atom is -0.466 e. The summed E-state index contributed by atoms with van der Waals surface area (Å²) in [6, 6.07) is 17.4. The molecule has 1 aromatic carbocycles. The van der Waals surface area contributed by atoms with Crippen LogP contribution in [0.5, 0.6) is 5.88 Å². The number of carbonyl (C=O) groups excluding carboxylic acids is 1. The van der Waals surface area contributed by atoms with E-state index in [2.05, 4.69) is 15.1 Å². The van der Waals surface area contributed by atoms with Crippen molar-refractivity contribution in [2.75, 3.05) is 13.1 Å². The van der Waals surface area contributed by atoms with E-state index in [9.17, 15) is 13.6 Å². The zero-order chi connectivity index (χ0) is 22.1. The molecule has 4 aromatic rings. The molecule has 32 heavy (non-hydrogen) atoms. The summed E-state index contributed by atoms with van der Waals surface area (Å²) in [7, 11) is 0. The van der Waals surface area contributed by atoms with Gasteiger partial charge in [0.25, 0.3) is 11.8 Å². The number of pyridine rings is 2. The van der Waals surface area contributed by atoms with Gasteiger partial charge in [-0.3, -0.25) is 4.79 Å². The van der Waals surface area contributed by atoms with Crippen molar-refractivity contribution in [3.63, 3.8) is 0 Å². The minimum atomic E-state index is -3.09. The van der Waals surface area contributed by atoms with Crippen LogP contribution in [0.2, 0.25) is 0 Å². The lowest BCUT2D eigenvalue weighted by atomic mass is 10.0. The lowest BCUT2D eigenvalue weighted by molar-refractivity contribution is -0.131. The number of para-hydroxylation sites is 1. The Morgan fingerprint density at radius 2 is 1.91 bits per heavy atom. The number of alkyl halides is 2. The Labute approximate surface area is 182 Å². The van der Waals surface area contributed by atoms with Crippen LogP contribution in [0.1, 0.15) is 16.9 Å². The molecule has 1 aliphatic rings. The Hall–Kier alpha value is -3.88. The maximum atomic E-state index is 14.6. The molecule has 0 N–H and O–H groups in total. The van der Waals surface area contributed by atoms with Crippen molar-refractivity contribution in [1.29, 1.82) is 0 Å². The Morgan fingerprint density at radius 3 is 2.75 bits per heavy atom. The quantitative estimate of drug-likeness (QED) is 0.488. The third kappa shape index (κ3) is 3.89. The molecule has 0 spiro atoms. The van der Waals surface area contributed by atoms with Gasteiger partial charge in [-0.1, -0.05) is 24.3 Å². The number of nitrogens with zero attached hydrogens (tertiary/aromatic N) is 5. The van der Waals surface area contributed by atoms with Crippen LogP contribution in [0, 0.1) is 0 Å². The van der Waals surface area contributed by atoms with Crippen molar-refractivity contribution >= 4 is 16.8 Å². The number of likely N-dealkylation sites (tertiary alicyclic amines) is 1. The van der Waals surface area contributed by atoms with Gasteiger partial charge in [-0.2, -0.15) is 5.10 Å². The number of fused-ring (bicyclic) bond motifs is 1. The van der Waals surface area contributed by atoms with Crippen LogP contribution in [0.3, 0.4) is 0 Å². The number of rotatable bonds is 4. The van der Waals surface area contributed by atoms with Gasteiger partial charge in [0.05, 0.1) is 12.1 Å². The third-order valence-corrected chi connectivity index (χ3v) is 5.39. The van der Waals surface area contributed by atoms with Crippen LogP contribution in [-0.4, -0.2) is 55.7 Å². The highest BCUT2D eigenvalue weighted by molar-refractivity contribution is 5.92. The smallest absolute Gasteiger partial charge is 0.287 e. The van der Waals surface area contributed by atoms with E-state index < -0.39 is 24.4 Å². The first-order chi connectivity index (χ1) is 15.5. The summed E-state index contributed by atoms with van der Waals surface area (Å²) in [5, 5.41) is 4.99. The summed E-state index contributed by atoms with van der Waals surface area (Å²) in [6.45, 7) is -0.363. The molecule has 0 bridgehead atoms. The number of aromatic nitrogens is 4. The Balaban J connectivity index is 1.36. The molecule has 0 aliphatic carbocycles. The van der Waals surface area contributed by atoms with E-state index in [1.54, 1.807) is 54.9 Å². The Bertz CT molecular complexity index is 1260. The van der Waals surface area contributed by atoms with E-state index in [1.807, 2.05) is 18.2 Å². The lowest BCUT2D eigenvalue weighted by Crippen LogP contribution is -2.55. The van der Waals surface area contributed by atoms with Crippen molar-refractivity contribution in [2.45, 2.75) is 18.4 Å².